The van der Waals surface area contributed by atoms with Gasteiger partial charge in [-0.25, -0.2) is 0 Å². The molecule has 0 unspecified atom stereocenters. The number of hydrogen-bond donors (Lipinski definition) is 3. The maximum Gasteiger partial charge on any atom is 0.255 e. The third-order valence-electron chi connectivity index (χ3n) is 5.39. The minimum atomic E-state index is -0.197. The van der Waals surface area contributed by atoms with Gasteiger partial charge in [-0.05, 0) is 84.9 Å². The fourth-order valence-electron chi connectivity index (χ4n) is 3.63. The summed E-state index contributed by atoms with van der Waals surface area (Å²) in [5.74, 6) is -0.197. The van der Waals surface area contributed by atoms with Crippen molar-refractivity contribution >= 4 is 45.2 Å². The Morgan fingerprint density at radius 3 is 2.26 bits per heavy atom. The first-order chi connectivity index (χ1) is 17.2. The van der Waals surface area contributed by atoms with Gasteiger partial charge in [0.1, 0.15) is 0 Å². The Balaban J connectivity index is 1.25. The summed E-state index contributed by atoms with van der Waals surface area (Å²) in [6, 6.07) is 27.9. The van der Waals surface area contributed by atoms with Gasteiger partial charge in [-0.15, -0.1) is 0 Å². The van der Waals surface area contributed by atoms with Crippen molar-refractivity contribution in [1.29, 1.82) is 5.26 Å². The molecule has 35 heavy (non-hydrogen) atoms. The van der Waals surface area contributed by atoms with E-state index in [1.165, 1.54) is 0 Å². The predicted octanol–water partition coefficient (Wildman–Crippen LogP) is 6.24. The molecule has 2 aromatic heterocycles. The Morgan fingerprint density at radius 2 is 1.51 bits per heavy atom. The number of carbonyl (C=O) groups is 1. The molecule has 1 amide bonds. The zero-order valence-electron chi connectivity index (χ0n) is 18.6. The fraction of sp³-hybridized carbons (Fsp3) is 0. The SMILES string of the molecule is N#Cc1ccc2nccc(Nc3ccc(C(=O)Nc4ccc(Nc5cccnc5)cc4)cc3)c2c1. The summed E-state index contributed by atoms with van der Waals surface area (Å²) in [5, 5.41) is 19.6. The number of aromatic nitrogens is 2. The van der Waals surface area contributed by atoms with Crippen LogP contribution in [0, 0.1) is 11.3 Å². The van der Waals surface area contributed by atoms with Crippen molar-refractivity contribution in [3.05, 3.63) is 115 Å². The van der Waals surface area contributed by atoms with Crippen molar-refractivity contribution in [2.45, 2.75) is 0 Å². The number of anilines is 5. The smallest absolute Gasteiger partial charge is 0.255 e. The topological polar surface area (TPSA) is 103 Å². The highest BCUT2D eigenvalue weighted by atomic mass is 16.1. The van der Waals surface area contributed by atoms with E-state index < -0.39 is 0 Å². The number of fused-ring (bicyclic) bond motifs is 1. The molecule has 0 bridgehead atoms. The average molecular weight is 457 g/mol. The van der Waals surface area contributed by atoms with E-state index in [0.717, 1.165) is 33.7 Å². The lowest BCUT2D eigenvalue weighted by Crippen LogP contribution is -2.11. The van der Waals surface area contributed by atoms with Crippen LogP contribution in [0.25, 0.3) is 10.9 Å². The van der Waals surface area contributed by atoms with Crippen LogP contribution in [-0.4, -0.2) is 15.9 Å². The second-order valence-electron chi connectivity index (χ2n) is 7.80. The Bertz CT molecular complexity index is 1520. The van der Waals surface area contributed by atoms with E-state index in [1.54, 1.807) is 36.8 Å². The van der Waals surface area contributed by atoms with E-state index in [-0.39, 0.29) is 5.91 Å². The number of carbonyl (C=O) groups excluding carboxylic acids is 1. The molecule has 0 atom stereocenters. The van der Waals surface area contributed by atoms with E-state index in [2.05, 4.69) is 32.0 Å². The maximum atomic E-state index is 12.7. The van der Waals surface area contributed by atoms with Crippen molar-refractivity contribution in [2.24, 2.45) is 0 Å². The average Bonchev–Trinajstić information content (AvgIpc) is 2.91. The summed E-state index contributed by atoms with van der Waals surface area (Å²) in [6.07, 6.45) is 5.18. The molecule has 5 aromatic rings. The normalized spacial score (nSPS) is 10.4. The lowest BCUT2D eigenvalue weighted by atomic mass is 10.1. The van der Waals surface area contributed by atoms with E-state index in [4.69, 9.17) is 0 Å². The van der Waals surface area contributed by atoms with Gasteiger partial charge in [-0.2, -0.15) is 5.26 Å². The van der Waals surface area contributed by atoms with Crippen LogP contribution in [0.4, 0.5) is 28.4 Å². The molecule has 3 N–H and O–H groups in total. The Morgan fingerprint density at radius 1 is 0.771 bits per heavy atom. The van der Waals surface area contributed by atoms with Gasteiger partial charge in [-0.1, -0.05) is 0 Å². The molecule has 7 heteroatoms. The number of nitrogens with zero attached hydrogens (tertiary/aromatic N) is 3. The van der Waals surface area contributed by atoms with Crippen molar-refractivity contribution in [3.63, 3.8) is 0 Å². The summed E-state index contributed by atoms with van der Waals surface area (Å²) < 4.78 is 0. The van der Waals surface area contributed by atoms with E-state index in [1.807, 2.05) is 66.7 Å². The first-order valence-corrected chi connectivity index (χ1v) is 10.9. The van der Waals surface area contributed by atoms with Gasteiger partial charge in [0.05, 0.1) is 29.0 Å². The molecule has 3 aromatic carbocycles. The van der Waals surface area contributed by atoms with Gasteiger partial charge >= 0.3 is 0 Å². The first-order valence-electron chi connectivity index (χ1n) is 10.9. The number of hydrogen-bond acceptors (Lipinski definition) is 6. The van der Waals surface area contributed by atoms with Crippen molar-refractivity contribution < 1.29 is 4.79 Å². The van der Waals surface area contributed by atoms with Gasteiger partial charge in [0, 0.05) is 46.1 Å². The molecule has 0 spiro atoms. The van der Waals surface area contributed by atoms with E-state index >= 15 is 0 Å². The molecule has 0 aliphatic rings. The highest BCUT2D eigenvalue weighted by Crippen LogP contribution is 2.26. The number of nitrogens with one attached hydrogen (secondary N) is 3. The van der Waals surface area contributed by atoms with Gasteiger partial charge in [0.25, 0.3) is 5.91 Å². The molecular weight excluding hydrogens is 436 g/mol. The monoisotopic (exact) mass is 456 g/mol. The zero-order chi connectivity index (χ0) is 24.0. The molecule has 0 saturated heterocycles. The van der Waals surface area contributed by atoms with Gasteiger partial charge < -0.3 is 16.0 Å². The quantitative estimate of drug-likeness (QED) is 0.279. The van der Waals surface area contributed by atoms with Crippen LogP contribution in [0.1, 0.15) is 15.9 Å². The van der Waals surface area contributed by atoms with Crippen LogP contribution in [0.2, 0.25) is 0 Å². The first kappa shape index (κ1) is 21.6. The zero-order valence-corrected chi connectivity index (χ0v) is 18.6. The van der Waals surface area contributed by atoms with Gasteiger partial charge in [0.2, 0.25) is 0 Å². The second-order valence-corrected chi connectivity index (χ2v) is 7.80. The second kappa shape index (κ2) is 9.73. The summed E-state index contributed by atoms with van der Waals surface area (Å²) in [7, 11) is 0. The summed E-state index contributed by atoms with van der Waals surface area (Å²) in [5.41, 5.74) is 6.06. The van der Waals surface area contributed by atoms with E-state index in [9.17, 15) is 10.1 Å². The van der Waals surface area contributed by atoms with Crippen LogP contribution in [-0.2, 0) is 0 Å². The summed E-state index contributed by atoms with van der Waals surface area (Å²) in [6.45, 7) is 0. The lowest BCUT2D eigenvalue weighted by molar-refractivity contribution is 0.102. The largest absolute Gasteiger partial charge is 0.355 e. The minimum Gasteiger partial charge on any atom is -0.355 e. The van der Waals surface area contributed by atoms with E-state index in [0.29, 0.717) is 16.8 Å². The molecule has 2 heterocycles. The highest BCUT2D eigenvalue weighted by Gasteiger charge is 2.08. The maximum absolute atomic E-state index is 12.7. The lowest BCUT2D eigenvalue weighted by Gasteiger charge is -2.11. The summed E-state index contributed by atoms with van der Waals surface area (Å²) in [4.78, 5) is 21.1. The molecule has 0 radical (unpaired) electrons. The van der Waals surface area contributed by atoms with Gasteiger partial charge in [-0.3, -0.25) is 14.8 Å². The molecule has 7 nitrogen and oxygen atoms in total. The minimum absolute atomic E-state index is 0.197. The molecule has 168 valence electrons. The van der Waals surface area contributed by atoms with Crippen molar-refractivity contribution in [3.8, 4) is 6.07 Å². The summed E-state index contributed by atoms with van der Waals surface area (Å²) >= 11 is 0. The third kappa shape index (κ3) is 5.07. The Labute approximate surface area is 202 Å². The molecule has 0 saturated carbocycles. The van der Waals surface area contributed by atoms with Crippen LogP contribution in [0.3, 0.4) is 0 Å². The predicted molar refractivity (Wildman–Crippen MR) is 138 cm³/mol. The molecule has 0 fully saturated rings. The number of nitriles is 1. The van der Waals surface area contributed by atoms with Crippen molar-refractivity contribution in [2.75, 3.05) is 16.0 Å². The Hall–Kier alpha value is -5.22. The fourth-order valence-corrected chi connectivity index (χ4v) is 3.63. The third-order valence-corrected chi connectivity index (χ3v) is 5.39. The number of rotatable bonds is 6. The number of amides is 1. The van der Waals surface area contributed by atoms with Crippen LogP contribution < -0.4 is 16.0 Å². The molecule has 0 aliphatic carbocycles. The van der Waals surface area contributed by atoms with Crippen molar-refractivity contribution in [1.82, 2.24) is 9.97 Å². The number of benzene rings is 3. The van der Waals surface area contributed by atoms with Crippen LogP contribution in [0.5, 0.6) is 0 Å². The number of pyridine rings is 2. The van der Waals surface area contributed by atoms with Crippen LogP contribution in [0.15, 0.2) is 104 Å². The highest BCUT2D eigenvalue weighted by molar-refractivity contribution is 6.04. The molecule has 0 aliphatic heterocycles. The standard InChI is InChI=1S/C28H20N6O/c29-17-19-3-12-26-25(16-19)27(13-15-31-26)33-22-6-4-20(5-7-22)28(35)34-23-10-8-21(9-11-23)32-24-2-1-14-30-18-24/h1-16,18,32H,(H,31,33)(H,34,35). The Kier molecular flexibility index (Phi) is 6.01. The molecular formula is C28H20N6O. The van der Waals surface area contributed by atoms with Crippen LogP contribution >= 0.6 is 0 Å². The molecule has 5 rings (SSSR count). The van der Waals surface area contributed by atoms with Gasteiger partial charge in [0.15, 0.2) is 0 Å².